The smallest absolute Gasteiger partial charge is 0.133 e. The molecule has 0 bridgehead atoms. The highest BCUT2D eigenvalue weighted by atomic mass is 16.3. The molecule has 0 aliphatic rings. The van der Waals surface area contributed by atoms with E-state index in [9.17, 15) is 0 Å². The van der Waals surface area contributed by atoms with Gasteiger partial charge in [-0.3, -0.25) is 0 Å². The van der Waals surface area contributed by atoms with Gasteiger partial charge in [0.2, 0.25) is 0 Å². The summed E-state index contributed by atoms with van der Waals surface area (Å²) in [6.45, 7) is 11.5. The molecule has 1 aromatic heterocycles. The molecule has 0 amide bonds. The highest BCUT2D eigenvalue weighted by Gasteiger charge is 2.00. The lowest BCUT2D eigenvalue weighted by molar-refractivity contribution is 0.522. The average Bonchev–Trinajstić information content (AvgIpc) is 2.69. The number of hydrogen-bond donors (Lipinski definition) is 0. The zero-order chi connectivity index (χ0) is 11.7. The molecular formula is C14H20O. The molecule has 0 radical (unpaired) electrons. The maximum absolute atomic E-state index is 5.48. The third kappa shape index (κ3) is 4.50. The number of furan rings is 1. The third-order valence-electron chi connectivity index (χ3n) is 1.75. The van der Waals surface area contributed by atoms with Crippen molar-refractivity contribution in [1.82, 2.24) is 0 Å². The zero-order valence-corrected chi connectivity index (χ0v) is 10.1. The van der Waals surface area contributed by atoms with Crippen LogP contribution in [0.15, 0.2) is 47.4 Å². The Morgan fingerprint density at radius 3 is 2.40 bits per heavy atom. The molecule has 1 nitrogen and oxygen atoms in total. The van der Waals surface area contributed by atoms with Crippen molar-refractivity contribution < 1.29 is 4.42 Å². The fraction of sp³-hybridized carbons (Fsp3) is 0.286. The second kappa shape index (κ2) is 7.86. The molecule has 15 heavy (non-hydrogen) atoms. The molecule has 0 aliphatic carbocycles. The van der Waals surface area contributed by atoms with Crippen LogP contribution in [0.1, 0.15) is 32.3 Å². The van der Waals surface area contributed by atoms with Crippen LogP contribution >= 0.6 is 0 Å². The summed E-state index contributed by atoms with van der Waals surface area (Å²) >= 11 is 0. The van der Waals surface area contributed by atoms with Crippen molar-refractivity contribution in [3.8, 4) is 0 Å². The van der Waals surface area contributed by atoms with Crippen LogP contribution in [-0.2, 0) is 0 Å². The second-order valence-electron chi connectivity index (χ2n) is 2.75. The molecular weight excluding hydrogens is 184 g/mol. The Kier molecular flexibility index (Phi) is 7.08. The normalized spacial score (nSPS) is 11.1. The highest BCUT2D eigenvalue weighted by Crippen LogP contribution is 2.18. The number of hydrogen-bond acceptors (Lipinski definition) is 1. The molecule has 0 saturated heterocycles. The first-order chi connectivity index (χ1) is 7.27. The lowest BCUT2D eigenvalue weighted by Gasteiger charge is -1.94. The molecule has 0 aliphatic heterocycles. The molecule has 0 spiro atoms. The molecule has 1 heteroatoms. The summed E-state index contributed by atoms with van der Waals surface area (Å²) in [6.07, 6.45) is 7.63. The van der Waals surface area contributed by atoms with Gasteiger partial charge in [0.25, 0.3) is 0 Å². The van der Waals surface area contributed by atoms with Crippen LogP contribution in [0.25, 0.3) is 5.57 Å². The maximum atomic E-state index is 5.48. The minimum Gasteiger partial charge on any atom is -0.461 e. The van der Waals surface area contributed by atoms with E-state index in [2.05, 4.69) is 6.58 Å². The monoisotopic (exact) mass is 204 g/mol. The van der Waals surface area contributed by atoms with Crippen molar-refractivity contribution in [2.24, 2.45) is 0 Å². The Balaban J connectivity index is 0.000000921. The Labute approximate surface area is 92.8 Å². The topological polar surface area (TPSA) is 13.1 Å². The van der Waals surface area contributed by atoms with Gasteiger partial charge in [0.1, 0.15) is 11.5 Å². The van der Waals surface area contributed by atoms with Gasteiger partial charge in [0.15, 0.2) is 0 Å². The molecule has 1 rings (SSSR count). The van der Waals surface area contributed by atoms with Crippen LogP contribution in [-0.4, -0.2) is 0 Å². The Hall–Kier alpha value is -1.50. The minimum absolute atomic E-state index is 0.901. The summed E-state index contributed by atoms with van der Waals surface area (Å²) in [7, 11) is 0. The average molecular weight is 204 g/mol. The first-order valence-electron chi connectivity index (χ1n) is 5.30. The summed E-state index contributed by atoms with van der Waals surface area (Å²) in [5.74, 6) is 1.83. The van der Waals surface area contributed by atoms with E-state index in [1.165, 1.54) is 0 Å². The summed E-state index contributed by atoms with van der Waals surface area (Å²) in [6, 6.07) is 3.93. The van der Waals surface area contributed by atoms with Crippen LogP contribution in [0.2, 0.25) is 0 Å². The lowest BCUT2D eigenvalue weighted by atomic mass is 10.2. The van der Waals surface area contributed by atoms with E-state index in [4.69, 9.17) is 4.42 Å². The fourth-order valence-electron chi connectivity index (χ4n) is 1.08. The first-order valence-corrected chi connectivity index (χ1v) is 5.30. The maximum Gasteiger partial charge on any atom is 0.133 e. The van der Waals surface area contributed by atoms with E-state index in [0.717, 1.165) is 17.1 Å². The van der Waals surface area contributed by atoms with Gasteiger partial charge in [-0.25, -0.2) is 0 Å². The van der Waals surface area contributed by atoms with Gasteiger partial charge in [-0.15, -0.1) is 0 Å². The molecule has 0 fully saturated rings. The van der Waals surface area contributed by atoms with Crippen LogP contribution in [0.3, 0.4) is 0 Å². The van der Waals surface area contributed by atoms with E-state index < -0.39 is 0 Å². The van der Waals surface area contributed by atoms with Crippen molar-refractivity contribution >= 4 is 5.57 Å². The lowest BCUT2D eigenvalue weighted by Crippen LogP contribution is -1.73. The van der Waals surface area contributed by atoms with Crippen LogP contribution in [0.5, 0.6) is 0 Å². The van der Waals surface area contributed by atoms with Gasteiger partial charge in [0.05, 0.1) is 0 Å². The highest BCUT2D eigenvalue weighted by molar-refractivity contribution is 5.70. The van der Waals surface area contributed by atoms with E-state index >= 15 is 0 Å². The Bertz CT molecular complexity index is 340. The van der Waals surface area contributed by atoms with Gasteiger partial charge in [-0.1, -0.05) is 44.7 Å². The first kappa shape index (κ1) is 13.5. The number of aryl methyl sites for hydroxylation is 1. The molecule has 0 aromatic carbocycles. The van der Waals surface area contributed by atoms with E-state index in [0.29, 0.717) is 0 Å². The van der Waals surface area contributed by atoms with E-state index in [-0.39, 0.29) is 0 Å². The van der Waals surface area contributed by atoms with Gasteiger partial charge in [0, 0.05) is 5.57 Å². The summed E-state index contributed by atoms with van der Waals surface area (Å²) in [4.78, 5) is 0. The van der Waals surface area contributed by atoms with Gasteiger partial charge < -0.3 is 4.42 Å². The van der Waals surface area contributed by atoms with Crippen LogP contribution in [0.4, 0.5) is 0 Å². The van der Waals surface area contributed by atoms with Crippen molar-refractivity contribution in [2.75, 3.05) is 0 Å². The summed E-state index contributed by atoms with van der Waals surface area (Å²) in [5.41, 5.74) is 1.08. The minimum atomic E-state index is 0.901. The molecule has 0 N–H and O–H groups in total. The van der Waals surface area contributed by atoms with Crippen molar-refractivity contribution in [2.45, 2.75) is 27.7 Å². The largest absolute Gasteiger partial charge is 0.461 e. The molecule has 0 atom stereocenters. The predicted octanol–water partition coefficient (Wildman–Crippen LogP) is 4.76. The molecule has 1 heterocycles. The third-order valence-corrected chi connectivity index (χ3v) is 1.75. The van der Waals surface area contributed by atoms with Crippen LogP contribution < -0.4 is 0 Å². The Morgan fingerprint density at radius 1 is 1.33 bits per heavy atom. The van der Waals surface area contributed by atoms with E-state index in [1.807, 2.05) is 58.1 Å². The number of rotatable bonds is 3. The summed E-state index contributed by atoms with van der Waals surface area (Å²) in [5, 5.41) is 0. The van der Waals surface area contributed by atoms with Gasteiger partial charge >= 0.3 is 0 Å². The van der Waals surface area contributed by atoms with Gasteiger partial charge in [-0.05, 0) is 26.0 Å². The molecule has 1 aromatic rings. The quantitative estimate of drug-likeness (QED) is 0.647. The van der Waals surface area contributed by atoms with Gasteiger partial charge in [-0.2, -0.15) is 0 Å². The molecule has 0 unspecified atom stereocenters. The number of allylic oxidation sites excluding steroid dienone is 5. The fourth-order valence-corrected chi connectivity index (χ4v) is 1.08. The molecule has 82 valence electrons. The summed E-state index contributed by atoms with van der Waals surface area (Å²) < 4.78 is 5.48. The van der Waals surface area contributed by atoms with Crippen LogP contribution in [0, 0.1) is 6.92 Å². The van der Waals surface area contributed by atoms with E-state index in [1.54, 1.807) is 6.08 Å². The zero-order valence-electron chi connectivity index (χ0n) is 10.1. The predicted molar refractivity (Wildman–Crippen MR) is 67.8 cm³/mol. The molecule has 0 saturated carbocycles. The van der Waals surface area contributed by atoms with Crippen molar-refractivity contribution in [3.05, 3.63) is 54.5 Å². The Morgan fingerprint density at radius 2 is 2.00 bits per heavy atom. The standard InChI is InChI=1S/C12H14O.C2H6/c1-4-6-7-11(5-2)12-9-8-10(3)13-12;1-2/h4-9H,1H2,2-3H3;1-2H3/b7-6-,11-5+;. The van der Waals surface area contributed by atoms with Crippen molar-refractivity contribution in [3.63, 3.8) is 0 Å². The second-order valence-corrected chi connectivity index (χ2v) is 2.75. The van der Waals surface area contributed by atoms with Crippen molar-refractivity contribution in [1.29, 1.82) is 0 Å². The SMILES string of the molecule is C=C/C=C\C(=C/C)c1ccc(C)o1.CC.